The van der Waals surface area contributed by atoms with Crippen molar-refractivity contribution in [3.8, 4) is 0 Å². The molecule has 0 N–H and O–H groups in total. The van der Waals surface area contributed by atoms with Gasteiger partial charge < -0.3 is 14.7 Å². The number of nitrogens with zero attached hydrogens (tertiary/aromatic N) is 3. The van der Waals surface area contributed by atoms with Gasteiger partial charge in [0.2, 0.25) is 5.91 Å². The van der Waals surface area contributed by atoms with Gasteiger partial charge in [0.25, 0.3) is 11.8 Å². The van der Waals surface area contributed by atoms with Gasteiger partial charge in [-0.1, -0.05) is 13.0 Å². The van der Waals surface area contributed by atoms with Crippen LogP contribution in [-0.2, 0) is 4.79 Å². The Morgan fingerprint density at radius 2 is 1.87 bits per heavy atom. The number of hydrogen-bond donors (Lipinski definition) is 0. The van der Waals surface area contributed by atoms with Crippen LogP contribution in [-0.4, -0.2) is 72.7 Å². The van der Waals surface area contributed by atoms with E-state index in [0.717, 1.165) is 0 Å². The third-order valence-corrected chi connectivity index (χ3v) is 4.12. The summed E-state index contributed by atoms with van der Waals surface area (Å²) in [6.07, 6.45) is 0.575. The van der Waals surface area contributed by atoms with E-state index in [9.17, 15) is 14.4 Å². The van der Waals surface area contributed by atoms with Crippen molar-refractivity contribution in [3.05, 3.63) is 35.4 Å². The standard InChI is InChI=1S/C17H23N3O3/c1-5-14-17(23)19(4)9-10-20(14)16(22)13-8-6-7-12(11-13)15(21)18(2)3/h6-8,11,14H,5,9-10H2,1-4H3. The fourth-order valence-corrected chi connectivity index (χ4v) is 2.76. The maximum Gasteiger partial charge on any atom is 0.254 e. The number of benzene rings is 1. The third-order valence-electron chi connectivity index (χ3n) is 4.12. The highest BCUT2D eigenvalue weighted by Crippen LogP contribution is 2.18. The lowest BCUT2D eigenvalue weighted by Crippen LogP contribution is -2.57. The topological polar surface area (TPSA) is 60.9 Å². The molecule has 23 heavy (non-hydrogen) atoms. The molecule has 1 aliphatic rings. The van der Waals surface area contributed by atoms with Crippen molar-refractivity contribution in [1.29, 1.82) is 0 Å². The molecule has 1 aromatic rings. The Kier molecular flexibility index (Phi) is 5.03. The minimum atomic E-state index is -0.436. The molecular formula is C17H23N3O3. The SMILES string of the molecule is CCC1C(=O)N(C)CCN1C(=O)c1cccc(C(=O)N(C)C)c1. The Morgan fingerprint density at radius 1 is 1.22 bits per heavy atom. The summed E-state index contributed by atoms with van der Waals surface area (Å²) in [6, 6.07) is 6.23. The summed E-state index contributed by atoms with van der Waals surface area (Å²) in [5.74, 6) is -0.388. The zero-order valence-electron chi connectivity index (χ0n) is 14.1. The number of rotatable bonds is 3. The van der Waals surface area contributed by atoms with Gasteiger partial charge in [-0.3, -0.25) is 14.4 Å². The molecule has 6 heteroatoms. The molecular weight excluding hydrogens is 294 g/mol. The number of likely N-dealkylation sites (N-methyl/N-ethyl adjacent to an activating group) is 1. The second-order valence-corrected chi connectivity index (χ2v) is 5.96. The van der Waals surface area contributed by atoms with Crippen LogP contribution in [0.5, 0.6) is 0 Å². The van der Waals surface area contributed by atoms with Crippen molar-refractivity contribution in [2.75, 3.05) is 34.2 Å². The lowest BCUT2D eigenvalue weighted by Gasteiger charge is -2.38. The number of piperazine rings is 1. The quantitative estimate of drug-likeness (QED) is 0.838. The highest BCUT2D eigenvalue weighted by Gasteiger charge is 2.35. The van der Waals surface area contributed by atoms with E-state index in [4.69, 9.17) is 0 Å². The Labute approximate surface area is 136 Å². The van der Waals surface area contributed by atoms with Crippen LogP contribution in [0.15, 0.2) is 24.3 Å². The van der Waals surface area contributed by atoms with E-state index in [-0.39, 0.29) is 17.7 Å². The molecule has 1 heterocycles. The molecule has 0 bridgehead atoms. The molecule has 3 amide bonds. The van der Waals surface area contributed by atoms with Gasteiger partial charge in [-0.15, -0.1) is 0 Å². The summed E-state index contributed by atoms with van der Waals surface area (Å²) in [5.41, 5.74) is 0.905. The Morgan fingerprint density at radius 3 is 2.48 bits per heavy atom. The lowest BCUT2D eigenvalue weighted by atomic mass is 10.0. The van der Waals surface area contributed by atoms with E-state index in [1.807, 2.05) is 6.92 Å². The highest BCUT2D eigenvalue weighted by atomic mass is 16.2. The predicted octanol–water partition coefficient (Wildman–Crippen LogP) is 1.08. The zero-order chi connectivity index (χ0) is 17.1. The molecule has 1 aromatic carbocycles. The normalized spacial score (nSPS) is 18.1. The molecule has 1 fully saturated rings. The smallest absolute Gasteiger partial charge is 0.254 e. The summed E-state index contributed by atoms with van der Waals surface area (Å²) >= 11 is 0. The summed E-state index contributed by atoms with van der Waals surface area (Å²) in [4.78, 5) is 41.8. The van der Waals surface area contributed by atoms with Crippen LogP contribution < -0.4 is 0 Å². The largest absolute Gasteiger partial charge is 0.345 e. The molecule has 0 saturated carbocycles. The van der Waals surface area contributed by atoms with Crippen molar-refractivity contribution >= 4 is 17.7 Å². The fraction of sp³-hybridized carbons (Fsp3) is 0.471. The fourth-order valence-electron chi connectivity index (χ4n) is 2.76. The van der Waals surface area contributed by atoms with Gasteiger partial charge in [0.05, 0.1) is 0 Å². The summed E-state index contributed by atoms with van der Waals surface area (Å²) in [7, 11) is 5.09. The van der Waals surface area contributed by atoms with Crippen molar-refractivity contribution in [1.82, 2.24) is 14.7 Å². The molecule has 1 atom stereocenters. The van der Waals surface area contributed by atoms with Crippen LogP contribution in [0.4, 0.5) is 0 Å². The van der Waals surface area contributed by atoms with Gasteiger partial charge in [-0.2, -0.15) is 0 Å². The maximum absolute atomic E-state index is 12.8. The monoisotopic (exact) mass is 317 g/mol. The maximum atomic E-state index is 12.8. The first-order chi connectivity index (χ1) is 10.9. The van der Waals surface area contributed by atoms with E-state index >= 15 is 0 Å². The third kappa shape index (κ3) is 3.36. The summed E-state index contributed by atoms with van der Waals surface area (Å²) in [6.45, 7) is 2.93. The molecule has 0 aromatic heterocycles. The van der Waals surface area contributed by atoms with Gasteiger partial charge in [0.15, 0.2) is 0 Å². The number of amides is 3. The molecule has 124 valence electrons. The first-order valence-electron chi connectivity index (χ1n) is 7.74. The van der Waals surface area contributed by atoms with Crippen molar-refractivity contribution in [2.24, 2.45) is 0 Å². The molecule has 1 unspecified atom stereocenters. The first kappa shape index (κ1) is 17.0. The first-order valence-corrected chi connectivity index (χ1v) is 7.74. The molecule has 1 aliphatic heterocycles. The average Bonchev–Trinajstić information content (AvgIpc) is 2.55. The molecule has 0 radical (unpaired) electrons. The Hall–Kier alpha value is -2.37. The van der Waals surface area contributed by atoms with Crippen LogP contribution in [0.3, 0.4) is 0 Å². The number of hydrogen-bond acceptors (Lipinski definition) is 3. The van der Waals surface area contributed by atoms with Crippen LogP contribution >= 0.6 is 0 Å². The van der Waals surface area contributed by atoms with Crippen LogP contribution in [0.25, 0.3) is 0 Å². The van der Waals surface area contributed by atoms with E-state index in [1.165, 1.54) is 4.90 Å². The van der Waals surface area contributed by atoms with Gasteiger partial charge in [0.1, 0.15) is 6.04 Å². The number of carbonyl (C=O) groups excluding carboxylic acids is 3. The Bertz CT molecular complexity index is 627. The van der Waals surface area contributed by atoms with Gasteiger partial charge in [-0.25, -0.2) is 0 Å². The second-order valence-electron chi connectivity index (χ2n) is 5.96. The Balaban J connectivity index is 2.28. The minimum absolute atomic E-state index is 0.0346. The van der Waals surface area contributed by atoms with Crippen LogP contribution in [0.2, 0.25) is 0 Å². The molecule has 6 nitrogen and oxygen atoms in total. The van der Waals surface area contributed by atoms with Gasteiger partial charge in [0, 0.05) is 45.4 Å². The van der Waals surface area contributed by atoms with Crippen molar-refractivity contribution < 1.29 is 14.4 Å². The second kappa shape index (κ2) is 6.81. The molecule has 0 spiro atoms. The molecule has 1 saturated heterocycles. The molecule has 0 aliphatic carbocycles. The highest BCUT2D eigenvalue weighted by molar-refractivity contribution is 6.01. The van der Waals surface area contributed by atoms with E-state index < -0.39 is 6.04 Å². The van der Waals surface area contributed by atoms with Crippen LogP contribution in [0.1, 0.15) is 34.1 Å². The average molecular weight is 317 g/mol. The van der Waals surface area contributed by atoms with E-state index in [1.54, 1.807) is 55.2 Å². The predicted molar refractivity (Wildman–Crippen MR) is 87.2 cm³/mol. The van der Waals surface area contributed by atoms with Crippen molar-refractivity contribution in [3.63, 3.8) is 0 Å². The molecule has 2 rings (SSSR count). The lowest BCUT2D eigenvalue weighted by molar-refractivity contribution is -0.138. The van der Waals surface area contributed by atoms with Gasteiger partial charge in [-0.05, 0) is 24.6 Å². The van der Waals surface area contributed by atoms with Gasteiger partial charge >= 0.3 is 0 Å². The van der Waals surface area contributed by atoms with E-state index in [0.29, 0.717) is 30.6 Å². The summed E-state index contributed by atoms with van der Waals surface area (Å²) < 4.78 is 0. The van der Waals surface area contributed by atoms with Crippen LogP contribution in [0, 0.1) is 0 Å². The minimum Gasteiger partial charge on any atom is -0.345 e. The van der Waals surface area contributed by atoms with Crippen molar-refractivity contribution in [2.45, 2.75) is 19.4 Å². The van der Waals surface area contributed by atoms with E-state index in [2.05, 4.69) is 0 Å². The number of carbonyl (C=O) groups is 3. The summed E-state index contributed by atoms with van der Waals surface area (Å²) in [5, 5.41) is 0. The zero-order valence-corrected chi connectivity index (χ0v) is 14.1.